The van der Waals surface area contributed by atoms with E-state index in [0.29, 0.717) is 6.04 Å². The summed E-state index contributed by atoms with van der Waals surface area (Å²) in [7, 11) is 3.34. The van der Waals surface area contributed by atoms with Crippen LogP contribution in [0.25, 0.3) is 0 Å². The van der Waals surface area contributed by atoms with Crippen LogP contribution in [0.2, 0.25) is 0 Å². The molecular weight excluding hydrogens is 190 g/mol. The summed E-state index contributed by atoms with van der Waals surface area (Å²) in [5.41, 5.74) is 0. The Morgan fingerprint density at radius 2 is 1.60 bits per heavy atom. The number of rotatable bonds is 8. The first kappa shape index (κ1) is 14.9. The predicted octanol–water partition coefficient (Wildman–Crippen LogP) is 2.41. The van der Waals surface area contributed by atoms with Gasteiger partial charge in [0.1, 0.15) is 0 Å². The molecule has 3 unspecified atom stereocenters. The van der Waals surface area contributed by atoms with Crippen molar-refractivity contribution in [1.82, 2.24) is 5.32 Å². The largest absolute Gasteiger partial charge is 0.354 e. The highest BCUT2D eigenvalue weighted by atomic mass is 16.7. The summed E-state index contributed by atoms with van der Waals surface area (Å²) in [4.78, 5) is 0. The van der Waals surface area contributed by atoms with Crippen LogP contribution in [-0.4, -0.2) is 32.6 Å². The van der Waals surface area contributed by atoms with Crippen LogP contribution in [0.4, 0.5) is 0 Å². The van der Waals surface area contributed by atoms with Gasteiger partial charge in [-0.2, -0.15) is 0 Å². The number of hydrogen-bond donors (Lipinski definition) is 1. The molecule has 0 saturated carbocycles. The molecule has 0 aromatic rings. The van der Waals surface area contributed by atoms with Crippen molar-refractivity contribution in [3.63, 3.8) is 0 Å². The molecule has 0 amide bonds. The molecule has 3 nitrogen and oxygen atoms in total. The van der Waals surface area contributed by atoms with Crippen LogP contribution >= 0.6 is 0 Å². The average Bonchev–Trinajstić information content (AvgIpc) is 2.19. The summed E-state index contributed by atoms with van der Waals surface area (Å²) in [5.74, 6) is 0.767. The minimum atomic E-state index is -0.163. The van der Waals surface area contributed by atoms with Crippen molar-refractivity contribution >= 4 is 0 Å². The van der Waals surface area contributed by atoms with Crippen molar-refractivity contribution in [2.75, 3.05) is 14.2 Å². The first-order valence-electron chi connectivity index (χ1n) is 5.86. The maximum atomic E-state index is 5.21. The molecule has 0 spiro atoms. The molecule has 0 aliphatic heterocycles. The topological polar surface area (TPSA) is 30.5 Å². The van der Waals surface area contributed by atoms with Gasteiger partial charge in [0, 0.05) is 20.3 Å². The molecule has 15 heavy (non-hydrogen) atoms. The molecule has 92 valence electrons. The smallest absolute Gasteiger partial charge is 0.171 e. The van der Waals surface area contributed by atoms with Crippen molar-refractivity contribution in [2.24, 2.45) is 5.92 Å². The highest BCUT2D eigenvalue weighted by Crippen LogP contribution is 2.10. The Morgan fingerprint density at radius 1 is 1.07 bits per heavy atom. The molecule has 0 aromatic heterocycles. The van der Waals surface area contributed by atoms with Gasteiger partial charge in [-0.3, -0.25) is 0 Å². The minimum absolute atomic E-state index is 0.163. The summed E-state index contributed by atoms with van der Waals surface area (Å²) in [6.45, 7) is 8.82. The highest BCUT2D eigenvalue weighted by Gasteiger charge is 2.18. The van der Waals surface area contributed by atoms with Crippen LogP contribution in [0, 0.1) is 5.92 Å². The van der Waals surface area contributed by atoms with Gasteiger partial charge in [0.2, 0.25) is 0 Å². The van der Waals surface area contributed by atoms with Gasteiger partial charge in [-0.05, 0) is 26.2 Å². The predicted molar refractivity (Wildman–Crippen MR) is 63.9 cm³/mol. The lowest BCUT2D eigenvalue weighted by Gasteiger charge is -2.26. The van der Waals surface area contributed by atoms with Crippen molar-refractivity contribution in [3.8, 4) is 0 Å². The van der Waals surface area contributed by atoms with E-state index in [1.807, 2.05) is 0 Å². The Labute approximate surface area is 94.5 Å². The van der Waals surface area contributed by atoms with Crippen molar-refractivity contribution in [1.29, 1.82) is 0 Å². The fraction of sp³-hybridized carbons (Fsp3) is 1.00. The Morgan fingerprint density at radius 3 is 2.00 bits per heavy atom. The SMILES string of the molecule is CCC(C)CC(C)NC(C)C(OC)OC. The Balaban J connectivity index is 3.88. The van der Waals surface area contributed by atoms with E-state index in [4.69, 9.17) is 9.47 Å². The lowest BCUT2D eigenvalue weighted by Crippen LogP contribution is -2.44. The molecule has 0 aromatic carbocycles. The van der Waals surface area contributed by atoms with E-state index in [1.54, 1.807) is 14.2 Å². The molecule has 0 fully saturated rings. The molecule has 3 atom stereocenters. The zero-order valence-electron chi connectivity index (χ0n) is 11.0. The Hall–Kier alpha value is -0.120. The molecule has 0 bridgehead atoms. The quantitative estimate of drug-likeness (QED) is 0.633. The fourth-order valence-corrected chi connectivity index (χ4v) is 1.87. The fourth-order valence-electron chi connectivity index (χ4n) is 1.87. The lowest BCUT2D eigenvalue weighted by molar-refractivity contribution is -0.120. The number of nitrogens with one attached hydrogen (secondary N) is 1. The van der Waals surface area contributed by atoms with Gasteiger partial charge in [-0.1, -0.05) is 20.3 Å². The van der Waals surface area contributed by atoms with Crippen LogP contribution in [0.1, 0.15) is 40.5 Å². The van der Waals surface area contributed by atoms with Gasteiger partial charge in [0.05, 0.1) is 6.04 Å². The van der Waals surface area contributed by atoms with Crippen LogP contribution in [0.15, 0.2) is 0 Å². The molecule has 0 rings (SSSR count). The summed E-state index contributed by atoms with van der Waals surface area (Å²) in [6, 6.07) is 0.724. The van der Waals surface area contributed by atoms with Gasteiger partial charge in [-0.25, -0.2) is 0 Å². The molecule has 0 heterocycles. The maximum absolute atomic E-state index is 5.21. The number of methoxy groups -OCH3 is 2. The van der Waals surface area contributed by atoms with Gasteiger partial charge < -0.3 is 14.8 Å². The van der Waals surface area contributed by atoms with E-state index in [0.717, 1.165) is 5.92 Å². The lowest BCUT2D eigenvalue weighted by atomic mass is 10.00. The van der Waals surface area contributed by atoms with Gasteiger partial charge in [0.25, 0.3) is 0 Å². The molecular formula is C12H27NO2. The summed E-state index contributed by atoms with van der Waals surface area (Å²) >= 11 is 0. The first-order valence-corrected chi connectivity index (χ1v) is 5.86. The van der Waals surface area contributed by atoms with Crippen molar-refractivity contribution in [2.45, 2.75) is 58.9 Å². The second kappa shape index (κ2) is 8.08. The highest BCUT2D eigenvalue weighted by molar-refractivity contribution is 4.71. The van der Waals surface area contributed by atoms with Crippen LogP contribution in [0.5, 0.6) is 0 Å². The van der Waals surface area contributed by atoms with Crippen LogP contribution in [0.3, 0.4) is 0 Å². The summed E-state index contributed by atoms with van der Waals surface area (Å²) in [6.07, 6.45) is 2.27. The standard InChI is InChI=1S/C12H27NO2/c1-7-9(2)8-10(3)13-11(4)12(14-5)15-6/h9-13H,7-8H2,1-6H3. The third-order valence-corrected chi connectivity index (χ3v) is 2.87. The van der Waals surface area contributed by atoms with E-state index in [-0.39, 0.29) is 12.3 Å². The van der Waals surface area contributed by atoms with Crippen LogP contribution in [-0.2, 0) is 9.47 Å². The molecule has 3 heteroatoms. The van der Waals surface area contributed by atoms with Gasteiger partial charge >= 0.3 is 0 Å². The third-order valence-electron chi connectivity index (χ3n) is 2.87. The van der Waals surface area contributed by atoms with E-state index < -0.39 is 0 Å². The van der Waals surface area contributed by atoms with E-state index >= 15 is 0 Å². The summed E-state index contributed by atoms with van der Waals surface area (Å²) in [5, 5.41) is 3.50. The maximum Gasteiger partial charge on any atom is 0.171 e. The zero-order valence-corrected chi connectivity index (χ0v) is 11.0. The average molecular weight is 217 g/mol. The third kappa shape index (κ3) is 6.13. The van der Waals surface area contributed by atoms with E-state index in [9.17, 15) is 0 Å². The molecule has 1 N–H and O–H groups in total. The molecule has 0 saturated heterocycles. The normalized spacial score (nSPS) is 17.8. The number of ether oxygens (including phenoxy) is 2. The van der Waals surface area contributed by atoms with Crippen molar-refractivity contribution < 1.29 is 9.47 Å². The minimum Gasteiger partial charge on any atom is -0.354 e. The molecule has 0 aliphatic carbocycles. The van der Waals surface area contributed by atoms with Gasteiger partial charge in [-0.15, -0.1) is 0 Å². The van der Waals surface area contributed by atoms with Gasteiger partial charge in [0.15, 0.2) is 6.29 Å². The first-order chi connectivity index (χ1) is 7.04. The van der Waals surface area contributed by atoms with E-state index in [1.165, 1.54) is 12.8 Å². The monoisotopic (exact) mass is 217 g/mol. The Kier molecular flexibility index (Phi) is 8.02. The zero-order chi connectivity index (χ0) is 11.8. The van der Waals surface area contributed by atoms with Crippen LogP contribution < -0.4 is 5.32 Å². The molecule has 0 radical (unpaired) electrons. The molecule has 0 aliphatic rings. The van der Waals surface area contributed by atoms with E-state index in [2.05, 4.69) is 33.0 Å². The second-order valence-corrected chi connectivity index (χ2v) is 4.45. The second-order valence-electron chi connectivity index (χ2n) is 4.45. The summed E-state index contributed by atoms with van der Waals surface area (Å²) < 4.78 is 10.4. The Bertz CT molecular complexity index is 149. The number of hydrogen-bond acceptors (Lipinski definition) is 3. The van der Waals surface area contributed by atoms with Crippen molar-refractivity contribution in [3.05, 3.63) is 0 Å².